The summed E-state index contributed by atoms with van der Waals surface area (Å²) in [7, 11) is 0. The van der Waals surface area contributed by atoms with Gasteiger partial charge in [-0.1, -0.05) is 11.3 Å². The lowest BCUT2D eigenvalue weighted by molar-refractivity contribution is -0.193. The van der Waals surface area contributed by atoms with E-state index in [-0.39, 0.29) is 0 Å². The first-order valence-corrected chi connectivity index (χ1v) is 10.2. The van der Waals surface area contributed by atoms with Crippen LogP contribution < -0.4 is 4.90 Å². The fourth-order valence-electron chi connectivity index (χ4n) is 3.79. The van der Waals surface area contributed by atoms with Crippen molar-refractivity contribution in [2.45, 2.75) is 49.7 Å². The molecule has 0 aromatic carbocycles. The van der Waals surface area contributed by atoms with Crippen molar-refractivity contribution >= 4 is 28.4 Å². The number of alkyl halides is 6. The first-order chi connectivity index (χ1) is 14.8. The van der Waals surface area contributed by atoms with E-state index in [9.17, 15) is 26.3 Å². The summed E-state index contributed by atoms with van der Waals surface area (Å²) < 4.78 is 69.0. The molecule has 4 rings (SSSR count). The molecule has 0 aliphatic carbocycles. The highest BCUT2D eigenvalue weighted by atomic mass is 32.1. The molecule has 3 atom stereocenters. The minimum absolute atomic E-state index is 0.651. The van der Waals surface area contributed by atoms with Crippen molar-refractivity contribution in [1.82, 2.24) is 15.1 Å². The maximum Gasteiger partial charge on any atom is 0.490 e. The minimum Gasteiger partial charge on any atom is -0.475 e. The van der Waals surface area contributed by atoms with Crippen LogP contribution >= 0.6 is 11.3 Å². The van der Waals surface area contributed by atoms with Gasteiger partial charge in [0.25, 0.3) is 0 Å². The van der Waals surface area contributed by atoms with Gasteiger partial charge in [-0.2, -0.15) is 26.3 Å². The molecule has 1 aromatic rings. The maximum atomic E-state index is 10.6. The van der Waals surface area contributed by atoms with Gasteiger partial charge in [-0.05, 0) is 19.3 Å². The number of carbonyl (C=O) groups is 2. The molecular formula is C16H20F6N4O5S. The monoisotopic (exact) mass is 494 g/mol. The molecular weight excluding hydrogens is 474 g/mol. The van der Waals surface area contributed by atoms with E-state index in [1.54, 1.807) is 11.3 Å². The van der Waals surface area contributed by atoms with Gasteiger partial charge in [0.1, 0.15) is 5.51 Å². The Morgan fingerprint density at radius 2 is 1.56 bits per heavy atom. The number of hydrogen-bond acceptors (Lipinski definition) is 8. The molecule has 0 spiro atoms. The van der Waals surface area contributed by atoms with Crippen molar-refractivity contribution in [2.75, 3.05) is 31.2 Å². The van der Waals surface area contributed by atoms with Crippen LogP contribution in [0, 0.1) is 0 Å². The number of rotatable bonds is 2. The number of halogens is 6. The topological polar surface area (TPSA) is 116 Å². The second-order valence-electron chi connectivity index (χ2n) is 6.99. The van der Waals surface area contributed by atoms with E-state index >= 15 is 0 Å². The van der Waals surface area contributed by atoms with Gasteiger partial charge in [0.05, 0.1) is 6.61 Å². The molecule has 0 amide bonds. The third kappa shape index (κ3) is 6.90. The molecule has 0 bridgehead atoms. The standard InChI is InChI=1S/C12H18N4OS.2C2HF3O2/c1-4-15(9-3-6-17-7-9)10-2-5-16(11(1)10)12-14-13-8-18-12;2*3-2(4,5)1(6)7/h8-11H,1-7H2;2*(H,6,7)/t9?,10-,11+;;/m1../s1. The summed E-state index contributed by atoms with van der Waals surface area (Å²) in [5.74, 6) is -5.51. The van der Waals surface area contributed by atoms with E-state index in [0.29, 0.717) is 18.1 Å². The Balaban J connectivity index is 0.000000218. The van der Waals surface area contributed by atoms with Crippen LogP contribution in [0.5, 0.6) is 0 Å². The Morgan fingerprint density at radius 1 is 1.00 bits per heavy atom. The summed E-state index contributed by atoms with van der Waals surface area (Å²) in [6.45, 7) is 4.23. The minimum atomic E-state index is -5.08. The van der Waals surface area contributed by atoms with Crippen LogP contribution in [-0.2, 0) is 14.3 Å². The van der Waals surface area contributed by atoms with Crippen molar-refractivity contribution in [3.05, 3.63) is 5.51 Å². The van der Waals surface area contributed by atoms with Crippen LogP contribution in [0.25, 0.3) is 0 Å². The highest BCUT2D eigenvalue weighted by Crippen LogP contribution is 2.37. The first kappa shape index (κ1) is 26.1. The smallest absolute Gasteiger partial charge is 0.475 e. The number of aromatic nitrogens is 2. The van der Waals surface area contributed by atoms with Gasteiger partial charge in [-0.3, -0.25) is 4.90 Å². The van der Waals surface area contributed by atoms with Crippen molar-refractivity contribution in [2.24, 2.45) is 0 Å². The van der Waals surface area contributed by atoms with Gasteiger partial charge in [0.15, 0.2) is 0 Å². The van der Waals surface area contributed by atoms with Crippen LogP contribution in [0.3, 0.4) is 0 Å². The number of anilines is 1. The van der Waals surface area contributed by atoms with Gasteiger partial charge < -0.3 is 19.8 Å². The molecule has 0 saturated carbocycles. The van der Waals surface area contributed by atoms with Crippen LogP contribution in [-0.4, -0.2) is 94.0 Å². The summed E-state index contributed by atoms with van der Waals surface area (Å²) in [5.41, 5.74) is 1.83. The van der Waals surface area contributed by atoms with Crippen molar-refractivity contribution < 1.29 is 50.9 Å². The normalized spacial score (nSPS) is 25.4. The van der Waals surface area contributed by atoms with Gasteiger partial charge >= 0.3 is 24.3 Å². The highest BCUT2D eigenvalue weighted by Gasteiger charge is 2.46. The van der Waals surface area contributed by atoms with Crippen LogP contribution in [0.15, 0.2) is 5.51 Å². The maximum absolute atomic E-state index is 10.6. The lowest BCUT2D eigenvalue weighted by Crippen LogP contribution is -2.42. The molecule has 3 aliphatic rings. The molecule has 4 heterocycles. The molecule has 16 heteroatoms. The number of nitrogens with zero attached hydrogens (tertiary/aromatic N) is 4. The molecule has 3 fully saturated rings. The molecule has 3 saturated heterocycles. The fraction of sp³-hybridized carbons (Fsp3) is 0.750. The highest BCUT2D eigenvalue weighted by molar-refractivity contribution is 7.13. The molecule has 1 unspecified atom stereocenters. The molecule has 2 N–H and O–H groups in total. The second-order valence-corrected chi connectivity index (χ2v) is 7.80. The van der Waals surface area contributed by atoms with E-state index in [1.165, 1.54) is 25.8 Å². The van der Waals surface area contributed by atoms with Gasteiger partial charge in [-0.25, -0.2) is 9.59 Å². The van der Waals surface area contributed by atoms with Gasteiger partial charge in [-0.15, -0.1) is 10.2 Å². The summed E-state index contributed by atoms with van der Waals surface area (Å²) in [6, 6.07) is 2.02. The summed E-state index contributed by atoms with van der Waals surface area (Å²) >= 11 is 1.66. The average Bonchev–Trinajstić information content (AvgIpc) is 3.44. The number of carboxylic acids is 2. The summed E-state index contributed by atoms with van der Waals surface area (Å²) in [5, 5.41) is 23.6. The largest absolute Gasteiger partial charge is 0.490 e. The van der Waals surface area contributed by atoms with Crippen LogP contribution in [0.4, 0.5) is 31.5 Å². The van der Waals surface area contributed by atoms with E-state index in [1.807, 2.05) is 5.51 Å². The van der Waals surface area contributed by atoms with E-state index in [2.05, 4.69) is 20.0 Å². The Kier molecular flexibility index (Phi) is 8.64. The second kappa shape index (κ2) is 10.6. The van der Waals surface area contributed by atoms with Crippen LogP contribution in [0.1, 0.15) is 19.3 Å². The Hall–Kier alpha value is -2.20. The summed E-state index contributed by atoms with van der Waals surface area (Å²) in [4.78, 5) is 23.0. The zero-order valence-corrected chi connectivity index (χ0v) is 17.2. The lowest BCUT2D eigenvalue weighted by atomic mass is 10.1. The number of fused-ring (bicyclic) bond motifs is 1. The van der Waals surface area contributed by atoms with Gasteiger partial charge in [0.2, 0.25) is 5.13 Å². The molecule has 3 aliphatic heterocycles. The third-order valence-corrected chi connectivity index (χ3v) is 5.80. The van der Waals surface area contributed by atoms with E-state index < -0.39 is 24.3 Å². The quantitative estimate of drug-likeness (QED) is 0.597. The molecule has 9 nitrogen and oxygen atoms in total. The van der Waals surface area contributed by atoms with E-state index in [0.717, 1.165) is 24.9 Å². The van der Waals surface area contributed by atoms with Gasteiger partial charge in [0, 0.05) is 37.8 Å². The van der Waals surface area contributed by atoms with Crippen molar-refractivity contribution in [3.63, 3.8) is 0 Å². The van der Waals surface area contributed by atoms with Crippen LogP contribution in [0.2, 0.25) is 0 Å². The summed E-state index contributed by atoms with van der Waals surface area (Å²) in [6.07, 6.45) is -6.43. The number of likely N-dealkylation sites (tertiary alicyclic amines) is 1. The number of ether oxygens (including phenoxy) is 1. The molecule has 0 radical (unpaired) electrons. The van der Waals surface area contributed by atoms with E-state index in [4.69, 9.17) is 24.5 Å². The predicted octanol–water partition coefficient (Wildman–Crippen LogP) is 2.25. The zero-order valence-electron chi connectivity index (χ0n) is 16.3. The average molecular weight is 494 g/mol. The zero-order chi connectivity index (χ0) is 24.1. The SMILES string of the molecule is O=C(O)C(F)(F)F.O=C(O)C(F)(F)F.c1nnc(N2CC[C@@H]3[C@@H]2CCN3C2CCOC2)s1. The molecule has 1 aromatic heterocycles. The predicted molar refractivity (Wildman–Crippen MR) is 97.4 cm³/mol. The molecule has 182 valence electrons. The van der Waals surface area contributed by atoms with Crippen molar-refractivity contribution in [1.29, 1.82) is 0 Å². The Labute approximate surface area is 181 Å². The Morgan fingerprint density at radius 3 is 2.00 bits per heavy atom. The Bertz CT molecular complexity index is 733. The fourth-order valence-corrected chi connectivity index (χ4v) is 4.43. The number of carboxylic acid groups (broad SMARTS) is 2. The van der Waals surface area contributed by atoms with Crippen molar-refractivity contribution in [3.8, 4) is 0 Å². The first-order valence-electron chi connectivity index (χ1n) is 9.29. The number of aliphatic carboxylic acids is 2. The number of hydrogen-bond donors (Lipinski definition) is 2. The molecule has 32 heavy (non-hydrogen) atoms. The lowest BCUT2D eigenvalue weighted by Gasteiger charge is -2.29. The third-order valence-electron chi connectivity index (χ3n) is 5.07.